The minimum Gasteiger partial charge on any atom is -0.464 e. The molecule has 18 heavy (non-hydrogen) atoms. The Kier molecular flexibility index (Phi) is 3.67. The number of hydrogen-bond acceptors (Lipinski definition) is 4. The standard InChI is InChI=1S/C14H18N2O2/c1-10-6-7-12(18-10)9-16(3)14-13(11(2)17)5-4-8-15-14/h4-8,11,17H,9H2,1-3H3. The lowest BCUT2D eigenvalue weighted by atomic mass is 10.1. The molecule has 0 fully saturated rings. The number of hydrogen-bond donors (Lipinski definition) is 1. The van der Waals surface area contributed by atoms with Crippen LogP contribution in [0, 0.1) is 6.92 Å². The zero-order valence-electron chi connectivity index (χ0n) is 10.9. The van der Waals surface area contributed by atoms with E-state index < -0.39 is 6.10 Å². The van der Waals surface area contributed by atoms with Crippen LogP contribution >= 0.6 is 0 Å². The normalized spacial score (nSPS) is 12.4. The Balaban J connectivity index is 2.20. The lowest BCUT2D eigenvalue weighted by Crippen LogP contribution is -2.19. The van der Waals surface area contributed by atoms with Gasteiger partial charge in [0.25, 0.3) is 0 Å². The van der Waals surface area contributed by atoms with Crippen molar-refractivity contribution < 1.29 is 9.52 Å². The van der Waals surface area contributed by atoms with E-state index in [1.165, 1.54) is 0 Å². The second kappa shape index (κ2) is 5.23. The molecule has 96 valence electrons. The first-order chi connectivity index (χ1) is 8.58. The van der Waals surface area contributed by atoms with Gasteiger partial charge in [0.05, 0.1) is 12.6 Å². The first-order valence-corrected chi connectivity index (χ1v) is 5.97. The molecule has 2 aromatic heterocycles. The predicted octanol–water partition coefficient (Wildman–Crippen LogP) is 2.67. The van der Waals surface area contributed by atoms with Crippen LogP contribution in [0.15, 0.2) is 34.9 Å². The quantitative estimate of drug-likeness (QED) is 0.901. The average Bonchev–Trinajstić information content (AvgIpc) is 2.74. The molecule has 0 saturated heterocycles. The molecular weight excluding hydrogens is 228 g/mol. The topological polar surface area (TPSA) is 49.5 Å². The Hall–Kier alpha value is -1.81. The molecule has 2 heterocycles. The number of aliphatic hydroxyl groups excluding tert-OH is 1. The van der Waals surface area contributed by atoms with Gasteiger partial charge in [0, 0.05) is 18.8 Å². The molecule has 0 aliphatic rings. The predicted molar refractivity (Wildman–Crippen MR) is 70.4 cm³/mol. The molecule has 0 spiro atoms. The Morgan fingerprint density at radius 2 is 2.17 bits per heavy atom. The summed E-state index contributed by atoms with van der Waals surface area (Å²) in [6, 6.07) is 7.61. The minimum atomic E-state index is -0.533. The van der Waals surface area contributed by atoms with E-state index in [1.807, 2.05) is 43.1 Å². The highest BCUT2D eigenvalue weighted by Gasteiger charge is 2.13. The van der Waals surface area contributed by atoms with Gasteiger partial charge in [-0.05, 0) is 32.0 Å². The van der Waals surface area contributed by atoms with Crippen molar-refractivity contribution in [2.45, 2.75) is 26.5 Å². The van der Waals surface area contributed by atoms with E-state index in [9.17, 15) is 5.11 Å². The van der Waals surface area contributed by atoms with Gasteiger partial charge >= 0.3 is 0 Å². The van der Waals surface area contributed by atoms with Crippen LogP contribution < -0.4 is 4.90 Å². The number of aliphatic hydroxyl groups is 1. The molecule has 4 nitrogen and oxygen atoms in total. The third-order valence-electron chi connectivity index (χ3n) is 2.82. The molecule has 2 aromatic rings. The highest BCUT2D eigenvalue weighted by molar-refractivity contribution is 5.47. The second-order valence-electron chi connectivity index (χ2n) is 4.46. The van der Waals surface area contributed by atoms with Gasteiger partial charge < -0.3 is 14.4 Å². The monoisotopic (exact) mass is 246 g/mol. The number of pyridine rings is 1. The molecule has 0 aliphatic heterocycles. The van der Waals surface area contributed by atoms with Gasteiger partial charge in [0.1, 0.15) is 17.3 Å². The molecule has 0 bridgehead atoms. The number of aromatic nitrogens is 1. The molecular formula is C14H18N2O2. The minimum absolute atomic E-state index is 0.533. The average molecular weight is 246 g/mol. The van der Waals surface area contributed by atoms with Crippen LogP contribution in [0.1, 0.15) is 30.1 Å². The van der Waals surface area contributed by atoms with Crippen LogP contribution in [0.2, 0.25) is 0 Å². The van der Waals surface area contributed by atoms with Crippen molar-refractivity contribution in [3.05, 3.63) is 47.5 Å². The van der Waals surface area contributed by atoms with Crippen LogP contribution in [0.5, 0.6) is 0 Å². The van der Waals surface area contributed by atoms with E-state index in [1.54, 1.807) is 13.1 Å². The maximum absolute atomic E-state index is 9.73. The smallest absolute Gasteiger partial charge is 0.134 e. The van der Waals surface area contributed by atoms with E-state index in [2.05, 4.69) is 4.98 Å². The number of furan rings is 1. The fraction of sp³-hybridized carbons (Fsp3) is 0.357. The van der Waals surface area contributed by atoms with E-state index in [-0.39, 0.29) is 0 Å². The zero-order valence-corrected chi connectivity index (χ0v) is 10.9. The fourth-order valence-corrected chi connectivity index (χ4v) is 1.93. The molecule has 0 aliphatic carbocycles. The van der Waals surface area contributed by atoms with Crippen molar-refractivity contribution in [2.75, 3.05) is 11.9 Å². The van der Waals surface area contributed by atoms with Crippen molar-refractivity contribution in [3.8, 4) is 0 Å². The summed E-state index contributed by atoms with van der Waals surface area (Å²) in [6.07, 6.45) is 1.19. The Bertz CT molecular complexity index is 520. The fourth-order valence-electron chi connectivity index (χ4n) is 1.93. The number of nitrogens with zero attached hydrogens (tertiary/aromatic N) is 2. The largest absolute Gasteiger partial charge is 0.464 e. The van der Waals surface area contributed by atoms with Gasteiger partial charge in [-0.3, -0.25) is 0 Å². The molecule has 2 rings (SSSR count). The molecule has 1 atom stereocenters. The van der Waals surface area contributed by atoms with Crippen molar-refractivity contribution in [1.82, 2.24) is 4.98 Å². The summed E-state index contributed by atoms with van der Waals surface area (Å²) in [4.78, 5) is 6.30. The lowest BCUT2D eigenvalue weighted by molar-refractivity contribution is 0.199. The van der Waals surface area contributed by atoms with E-state index in [4.69, 9.17) is 4.42 Å². The van der Waals surface area contributed by atoms with Crippen molar-refractivity contribution in [2.24, 2.45) is 0 Å². The van der Waals surface area contributed by atoms with Crippen LogP contribution in [0.3, 0.4) is 0 Å². The maximum Gasteiger partial charge on any atom is 0.134 e. The summed E-state index contributed by atoms with van der Waals surface area (Å²) in [5.74, 6) is 2.56. The van der Waals surface area contributed by atoms with Crippen molar-refractivity contribution in [3.63, 3.8) is 0 Å². The Labute approximate surface area is 107 Å². The van der Waals surface area contributed by atoms with Gasteiger partial charge in [-0.2, -0.15) is 0 Å². The van der Waals surface area contributed by atoms with Crippen molar-refractivity contribution in [1.29, 1.82) is 0 Å². The Morgan fingerprint density at radius 1 is 1.39 bits per heavy atom. The van der Waals surface area contributed by atoms with E-state index in [0.717, 1.165) is 22.9 Å². The maximum atomic E-state index is 9.73. The van der Waals surface area contributed by atoms with Crippen LogP contribution in [0.4, 0.5) is 5.82 Å². The van der Waals surface area contributed by atoms with Crippen molar-refractivity contribution >= 4 is 5.82 Å². The molecule has 0 amide bonds. The molecule has 0 radical (unpaired) electrons. The van der Waals surface area contributed by atoms with Crippen LogP contribution in [-0.2, 0) is 6.54 Å². The van der Waals surface area contributed by atoms with Gasteiger partial charge in [-0.25, -0.2) is 4.98 Å². The Morgan fingerprint density at radius 3 is 2.78 bits per heavy atom. The highest BCUT2D eigenvalue weighted by Crippen LogP contribution is 2.24. The molecule has 1 unspecified atom stereocenters. The van der Waals surface area contributed by atoms with E-state index >= 15 is 0 Å². The molecule has 0 aromatic carbocycles. The molecule has 4 heteroatoms. The molecule has 1 N–H and O–H groups in total. The van der Waals surface area contributed by atoms with Gasteiger partial charge in [-0.1, -0.05) is 6.07 Å². The summed E-state index contributed by atoms with van der Waals surface area (Å²) < 4.78 is 5.54. The van der Waals surface area contributed by atoms with Gasteiger partial charge in [0.15, 0.2) is 0 Å². The van der Waals surface area contributed by atoms with E-state index in [0.29, 0.717) is 6.54 Å². The third-order valence-corrected chi connectivity index (χ3v) is 2.82. The first-order valence-electron chi connectivity index (χ1n) is 5.97. The zero-order chi connectivity index (χ0) is 13.1. The van der Waals surface area contributed by atoms with Crippen LogP contribution in [0.25, 0.3) is 0 Å². The molecule has 0 saturated carbocycles. The third kappa shape index (κ3) is 2.71. The number of rotatable bonds is 4. The SMILES string of the molecule is Cc1ccc(CN(C)c2ncccc2C(C)O)o1. The summed E-state index contributed by atoms with van der Waals surface area (Å²) in [5.41, 5.74) is 0.822. The summed E-state index contributed by atoms with van der Waals surface area (Å²) in [6.45, 7) is 4.29. The highest BCUT2D eigenvalue weighted by atomic mass is 16.3. The summed E-state index contributed by atoms with van der Waals surface area (Å²) >= 11 is 0. The van der Waals surface area contributed by atoms with Crippen LogP contribution in [-0.4, -0.2) is 17.1 Å². The van der Waals surface area contributed by atoms with Gasteiger partial charge in [0.2, 0.25) is 0 Å². The lowest BCUT2D eigenvalue weighted by Gasteiger charge is -2.21. The summed E-state index contributed by atoms with van der Waals surface area (Å²) in [5, 5.41) is 9.73. The van der Waals surface area contributed by atoms with Gasteiger partial charge in [-0.15, -0.1) is 0 Å². The second-order valence-corrected chi connectivity index (χ2v) is 4.46. The first kappa shape index (κ1) is 12.6. The number of aryl methyl sites for hydroxylation is 1. The number of anilines is 1. The summed E-state index contributed by atoms with van der Waals surface area (Å²) in [7, 11) is 1.94.